The van der Waals surface area contributed by atoms with Crippen molar-refractivity contribution in [2.45, 2.75) is 39.5 Å². The molecule has 0 aliphatic carbocycles. The zero-order valence-electron chi connectivity index (χ0n) is 15.7. The molecule has 26 heavy (non-hydrogen) atoms. The Kier molecular flexibility index (Phi) is 5.55. The van der Waals surface area contributed by atoms with E-state index in [9.17, 15) is 9.90 Å². The van der Waals surface area contributed by atoms with Crippen molar-refractivity contribution in [1.82, 2.24) is 4.98 Å². The van der Waals surface area contributed by atoms with Crippen molar-refractivity contribution in [1.29, 1.82) is 0 Å². The highest BCUT2D eigenvalue weighted by Crippen LogP contribution is 2.44. The van der Waals surface area contributed by atoms with Crippen LogP contribution in [0, 0.1) is 5.92 Å². The molecule has 3 rings (SSSR count). The number of unbranched alkanes of at least 4 members (excludes halogenated alkanes) is 2. The molecule has 0 fully saturated rings. The maximum absolute atomic E-state index is 12.3. The third-order valence-corrected chi connectivity index (χ3v) is 4.91. The molecule has 5 nitrogen and oxygen atoms in total. The number of aromatic nitrogens is 1. The summed E-state index contributed by atoms with van der Waals surface area (Å²) in [5, 5.41) is 11.5. The maximum atomic E-state index is 12.3. The molecule has 1 aliphatic heterocycles. The minimum Gasteiger partial charge on any atom is -0.504 e. The molecule has 0 saturated carbocycles. The second kappa shape index (κ2) is 7.85. The third-order valence-electron chi connectivity index (χ3n) is 4.91. The topological polar surface area (TPSA) is 65.6 Å². The van der Waals surface area contributed by atoms with E-state index in [1.54, 1.807) is 12.1 Å². The number of nitrogens with zero attached hydrogens (tertiary/aromatic N) is 1. The Labute approximate surface area is 154 Å². The number of benzene rings is 1. The van der Waals surface area contributed by atoms with E-state index in [1.165, 1.54) is 6.42 Å². The molecular formula is C21H28N2O3. The van der Waals surface area contributed by atoms with Crippen LogP contribution in [0.1, 0.15) is 38.7 Å². The number of ether oxygens (including phenoxy) is 1. The number of fused-ring (bicyclic) bond motifs is 2. The molecule has 0 saturated heterocycles. The lowest BCUT2D eigenvalue weighted by molar-refractivity contribution is 0.263. The molecule has 1 unspecified atom stereocenters. The molecule has 2 heterocycles. The van der Waals surface area contributed by atoms with Crippen LogP contribution in [0.15, 0.2) is 29.6 Å². The first kappa shape index (κ1) is 18.4. The van der Waals surface area contributed by atoms with Gasteiger partial charge < -0.3 is 19.7 Å². The third kappa shape index (κ3) is 3.57. The fraction of sp³-hybridized carbons (Fsp3) is 0.476. The minimum atomic E-state index is -0.141. The van der Waals surface area contributed by atoms with Crippen molar-refractivity contribution in [3.05, 3.63) is 40.7 Å². The molecule has 1 aromatic carbocycles. The highest BCUT2D eigenvalue weighted by molar-refractivity contribution is 5.93. The van der Waals surface area contributed by atoms with Crippen molar-refractivity contribution in [3.63, 3.8) is 0 Å². The van der Waals surface area contributed by atoms with Crippen LogP contribution in [0.25, 0.3) is 10.9 Å². The van der Waals surface area contributed by atoms with E-state index in [4.69, 9.17) is 4.74 Å². The van der Waals surface area contributed by atoms with Crippen LogP contribution in [0.3, 0.4) is 0 Å². The number of H-pyrrole nitrogens is 1. The van der Waals surface area contributed by atoms with E-state index in [0.29, 0.717) is 41.2 Å². The Bertz CT molecular complexity index is 856. The van der Waals surface area contributed by atoms with Crippen LogP contribution in [0.5, 0.6) is 11.5 Å². The number of nitrogens with one attached hydrogen (secondary N) is 1. The van der Waals surface area contributed by atoms with Gasteiger partial charge in [0.05, 0.1) is 17.8 Å². The summed E-state index contributed by atoms with van der Waals surface area (Å²) in [7, 11) is 0. The maximum Gasteiger partial charge on any atom is 0.251 e. The monoisotopic (exact) mass is 356 g/mol. The Morgan fingerprint density at radius 2 is 2.23 bits per heavy atom. The zero-order chi connectivity index (χ0) is 18.7. The van der Waals surface area contributed by atoms with Gasteiger partial charge in [-0.05, 0) is 25.0 Å². The van der Waals surface area contributed by atoms with Gasteiger partial charge in [-0.15, -0.1) is 6.58 Å². The number of aromatic amines is 1. The molecule has 0 bridgehead atoms. The standard InChI is InChI=1S/C21H28N2O3/c1-4-6-7-9-23-12-14(3)13-26-20-18(23)11-17-16(19(20)24)10-15(8-5-2)21(25)22-17/h5,10-11,14,24H,2,4,6-9,12-13H2,1,3H3,(H,22,25). The number of aromatic hydroxyl groups is 1. The quantitative estimate of drug-likeness (QED) is 0.607. The predicted molar refractivity (Wildman–Crippen MR) is 107 cm³/mol. The summed E-state index contributed by atoms with van der Waals surface area (Å²) in [6.07, 6.45) is 5.57. The van der Waals surface area contributed by atoms with Crippen molar-refractivity contribution >= 4 is 16.6 Å². The zero-order valence-corrected chi connectivity index (χ0v) is 15.7. The molecule has 0 amide bonds. The lowest BCUT2D eigenvalue weighted by Crippen LogP contribution is -2.29. The van der Waals surface area contributed by atoms with Crippen LogP contribution in [0.2, 0.25) is 0 Å². The molecule has 1 atom stereocenters. The summed E-state index contributed by atoms with van der Waals surface area (Å²) in [5.74, 6) is 0.991. The van der Waals surface area contributed by atoms with Gasteiger partial charge in [-0.25, -0.2) is 0 Å². The number of hydrogen-bond donors (Lipinski definition) is 2. The molecule has 5 heteroatoms. The van der Waals surface area contributed by atoms with E-state index < -0.39 is 0 Å². The number of phenols is 1. The number of hydrogen-bond acceptors (Lipinski definition) is 4. The van der Waals surface area contributed by atoms with Crippen molar-refractivity contribution in [2.24, 2.45) is 5.92 Å². The van der Waals surface area contributed by atoms with Crippen LogP contribution < -0.4 is 15.2 Å². The highest BCUT2D eigenvalue weighted by atomic mass is 16.5. The molecule has 2 N–H and O–H groups in total. The van der Waals surface area contributed by atoms with Gasteiger partial charge in [-0.3, -0.25) is 4.79 Å². The van der Waals surface area contributed by atoms with Crippen LogP contribution in [-0.4, -0.2) is 29.8 Å². The van der Waals surface area contributed by atoms with Gasteiger partial charge >= 0.3 is 0 Å². The fourth-order valence-electron chi connectivity index (χ4n) is 3.54. The summed E-state index contributed by atoms with van der Waals surface area (Å²) in [6, 6.07) is 3.68. The van der Waals surface area contributed by atoms with Gasteiger partial charge in [-0.1, -0.05) is 32.8 Å². The Morgan fingerprint density at radius 1 is 1.42 bits per heavy atom. The number of pyridine rings is 1. The second-order valence-corrected chi connectivity index (χ2v) is 7.22. The summed E-state index contributed by atoms with van der Waals surface area (Å²) < 4.78 is 5.96. The molecular weight excluding hydrogens is 328 g/mol. The lowest BCUT2D eigenvalue weighted by atomic mass is 10.1. The van der Waals surface area contributed by atoms with E-state index in [1.807, 2.05) is 6.07 Å². The summed E-state index contributed by atoms with van der Waals surface area (Å²) in [5.41, 5.74) is 1.95. The predicted octanol–water partition coefficient (Wildman–Crippen LogP) is 3.99. The van der Waals surface area contributed by atoms with Gasteiger partial charge in [-0.2, -0.15) is 0 Å². The van der Waals surface area contributed by atoms with E-state index >= 15 is 0 Å². The second-order valence-electron chi connectivity index (χ2n) is 7.22. The summed E-state index contributed by atoms with van der Waals surface area (Å²) in [6.45, 7) is 10.4. The normalized spacial score (nSPS) is 16.8. The summed E-state index contributed by atoms with van der Waals surface area (Å²) in [4.78, 5) is 17.5. The lowest BCUT2D eigenvalue weighted by Gasteiger charge is -2.26. The average molecular weight is 356 g/mol. The Hall–Kier alpha value is -2.43. The Morgan fingerprint density at radius 3 is 2.96 bits per heavy atom. The first-order valence-electron chi connectivity index (χ1n) is 9.45. The van der Waals surface area contributed by atoms with E-state index in [2.05, 4.69) is 30.3 Å². The van der Waals surface area contributed by atoms with E-state index in [-0.39, 0.29) is 11.3 Å². The largest absolute Gasteiger partial charge is 0.504 e. The summed E-state index contributed by atoms with van der Waals surface area (Å²) >= 11 is 0. The molecule has 0 radical (unpaired) electrons. The molecule has 1 aromatic heterocycles. The van der Waals surface area contributed by atoms with Crippen LogP contribution >= 0.6 is 0 Å². The van der Waals surface area contributed by atoms with Crippen molar-refractivity contribution < 1.29 is 9.84 Å². The van der Waals surface area contributed by atoms with Gasteiger partial charge in [0.2, 0.25) is 0 Å². The van der Waals surface area contributed by atoms with Gasteiger partial charge in [0, 0.05) is 30.0 Å². The highest BCUT2D eigenvalue weighted by Gasteiger charge is 2.25. The van der Waals surface area contributed by atoms with Crippen molar-refractivity contribution in [2.75, 3.05) is 24.6 Å². The smallest absolute Gasteiger partial charge is 0.251 e. The minimum absolute atomic E-state index is 0.105. The first-order chi connectivity index (χ1) is 12.5. The number of phenolic OH excluding ortho intramolecular Hbond substituents is 1. The molecule has 0 spiro atoms. The number of allylic oxidation sites excluding steroid dienone is 1. The number of rotatable bonds is 6. The van der Waals surface area contributed by atoms with Crippen LogP contribution in [-0.2, 0) is 6.42 Å². The first-order valence-corrected chi connectivity index (χ1v) is 9.45. The molecule has 140 valence electrons. The van der Waals surface area contributed by atoms with Gasteiger partial charge in [0.15, 0.2) is 11.5 Å². The average Bonchev–Trinajstić information content (AvgIpc) is 2.76. The van der Waals surface area contributed by atoms with Gasteiger partial charge in [0.25, 0.3) is 5.56 Å². The van der Waals surface area contributed by atoms with E-state index in [0.717, 1.165) is 31.6 Å². The van der Waals surface area contributed by atoms with Crippen LogP contribution in [0.4, 0.5) is 5.69 Å². The van der Waals surface area contributed by atoms with Crippen molar-refractivity contribution in [3.8, 4) is 11.5 Å². The SMILES string of the molecule is C=CCc1cc2c(O)c3c(cc2[nH]c1=O)N(CCCCC)CC(C)CO3. The van der Waals surface area contributed by atoms with Gasteiger partial charge in [0.1, 0.15) is 0 Å². The molecule has 1 aliphatic rings. The fourth-order valence-corrected chi connectivity index (χ4v) is 3.54. The molecule has 2 aromatic rings. The number of anilines is 1. The Balaban J connectivity index is 2.12.